The second kappa shape index (κ2) is 45.7. The van der Waals surface area contributed by atoms with Crippen molar-refractivity contribution in [3.63, 3.8) is 0 Å². The Morgan fingerprint density at radius 3 is 1.10 bits per heavy atom. The van der Waals surface area contributed by atoms with E-state index in [1.54, 1.807) is 176 Å². The van der Waals surface area contributed by atoms with E-state index in [0.717, 1.165) is 0 Å². The molecule has 8 aromatic rings. The smallest absolute Gasteiger partial charge is 0.335 e. The molecular formula is C74H81Cl5NO14-3. The molecule has 0 amide bonds. The van der Waals surface area contributed by atoms with Gasteiger partial charge in [0.1, 0.15) is 12.2 Å². The Balaban J connectivity index is -0.00000109. The normalized spacial score (nSPS) is 11.1. The Morgan fingerprint density at radius 1 is 0.447 bits per heavy atom. The Labute approximate surface area is 576 Å². The van der Waals surface area contributed by atoms with Crippen LogP contribution in [0.25, 0.3) is 17.3 Å². The van der Waals surface area contributed by atoms with Crippen molar-refractivity contribution in [1.82, 2.24) is 5.32 Å². The molecule has 94 heavy (non-hydrogen) atoms. The van der Waals surface area contributed by atoms with Crippen LogP contribution in [0.5, 0.6) is 0 Å². The van der Waals surface area contributed by atoms with Gasteiger partial charge < -0.3 is 46.9 Å². The number of carboxylic acid groups (broad SMARTS) is 1. The minimum Gasteiger partial charge on any atom is -0.872 e. The predicted molar refractivity (Wildman–Crippen MR) is 377 cm³/mol. The first-order valence-corrected chi connectivity index (χ1v) is 29.0. The van der Waals surface area contributed by atoms with Crippen LogP contribution in [-0.2, 0) is 9.59 Å². The molecule has 0 saturated heterocycles. The zero-order valence-electron chi connectivity index (χ0n) is 50.5. The van der Waals surface area contributed by atoms with Gasteiger partial charge >= 0.3 is 5.97 Å². The zero-order chi connectivity index (χ0) is 66.4. The molecule has 0 saturated carbocycles. The van der Waals surface area contributed by atoms with Crippen molar-refractivity contribution >= 4 is 110 Å². The molecule has 20 heteroatoms. The van der Waals surface area contributed by atoms with Gasteiger partial charge in [-0.3, -0.25) is 24.0 Å². The Bertz CT molecular complexity index is 3680. The number of carboxylic acids is 1. The molecule has 8 aromatic carbocycles. The van der Waals surface area contributed by atoms with Crippen LogP contribution in [0, 0.1) is 0 Å². The molecule has 3 atom stereocenters. The van der Waals surface area contributed by atoms with Crippen LogP contribution in [0.4, 0.5) is 0 Å². The number of rotatable bonds is 15. The molecule has 0 bridgehead atoms. The summed E-state index contributed by atoms with van der Waals surface area (Å²) in [4.78, 5) is 66.0. The maximum absolute atomic E-state index is 12.9. The van der Waals surface area contributed by atoms with Crippen molar-refractivity contribution in [2.45, 2.75) is 94.5 Å². The first-order chi connectivity index (χ1) is 42.0. The van der Waals surface area contributed by atoms with Crippen molar-refractivity contribution in [1.29, 1.82) is 0 Å². The van der Waals surface area contributed by atoms with Crippen molar-refractivity contribution in [3.8, 4) is 0 Å². The van der Waals surface area contributed by atoms with Crippen LogP contribution in [0.1, 0.15) is 141 Å². The molecule has 504 valence electrons. The maximum atomic E-state index is 12.9. The lowest BCUT2D eigenvalue weighted by Gasteiger charge is -2.25. The van der Waals surface area contributed by atoms with Gasteiger partial charge in [0.05, 0.1) is 11.6 Å². The summed E-state index contributed by atoms with van der Waals surface area (Å²) < 4.78 is 0. The number of carbonyl (C=O) groups excluding carboxylic acids is 5. The van der Waals surface area contributed by atoms with Crippen LogP contribution in [0.2, 0.25) is 25.1 Å². The number of carbonyl (C=O) groups is 6. The van der Waals surface area contributed by atoms with E-state index in [1.165, 1.54) is 57.2 Å². The second-order valence-corrected chi connectivity index (χ2v) is 22.4. The molecule has 8 rings (SSSR count). The van der Waals surface area contributed by atoms with E-state index >= 15 is 0 Å². The maximum Gasteiger partial charge on any atom is 0.335 e. The highest BCUT2D eigenvalue weighted by molar-refractivity contribution is 6.43. The minimum absolute atomic E-state index is 0. The number of aromatic carboxylic acids is 1. The average Bonchev–Trinajstić information content (AvgIpc) is 0.898. The third kappa shape index (κ3) is 33.3. The summed E-state index contributed by atoms with van der Waals surface area (Å²) in [7, 11) is 0. The van der Waals surface area contributed by atoms with E-state index in [1.807, 2.05) is 39.8 Å². The molecule has 8 N–H and O–H groups in total. The molecule has 0 aromatic heterocycles. The molecule has 0 aliphatic carbocycles. The molecule has 0 aliphatic rings. The summed E-state index contributed by atoms with van der Waals surface area (Å²) >= 11 is 28.3. The fourth-order valence-corrected chi connectivity index (χ4v) is 8.40. The average molecular weight is 1390 g/mol. The molecule has 0 aliphatic heterocycles. The molecule has 0 heterocycles. The van der Waals surface area contributed by atoms with Gasteiger partial charge in [0.2, 0.25) is 5.78 Å². The van der Waals surface area contributed by atoms with E-state index in [-0.39, 0.29) is 90.6 Å². The molecule has 15 nitrogen and oxygen atoms in total. The van der Waals surface area contributed by atoms with E-state index < -0.39 is 29.7 Å². The molecular weight excluding hydrogens is 1300 g/mol. The fraction of sp³-hybridized carbons (Fsp3) is 0.189. The topological polar surface area (TPSA) is 307 Å². The molecule has 0 radical (unpaired) electrons. The number of nitrogens with one attached hydrogen (secondary N) is 1. The first-order valence-electron chi connectivity index (χ1n) is 27.1. The highest BCUT2D eigenvalue weighted by atomic mass is 35.5. The fourth-order valence-electron chi connectivity index (χ4n) is 7.44. The number of hydrogen-bond acceptors (Lipinski definition) is 12. The lowest BCUT2D eigenvalue weighted by molar-refractivity contribution is -0.248. The number of Topliss-reactive ketones (excluding diaryl/α,β-unsaturated/α-hetero) is 5. The number of aliphatic hydroxyl groups excluding tert-OH is 2. The number of ketones is 5. The largest absolute Gasteiger partial charge is 0.872 e. The van der Waals surface area contributed by atoms with Crippen LogP contribution in [-0.4, -0.2) is 78.8 Å². The third-order valence-electron chi connectivity index (χ3n) is 11.7. The van der Waals surface area contributed by atoms with Crippen molar-refractivity contribution in [2.75, 3.05) is 0 Å². The van der Waals surface area contributed by atoms with E-state index in [9.17, 15) is 49.2 Å². The third-order valence-corrected chi connectivity index (χ3v) is 12.8. The minimum atomic E-state index is -1.05. The van der Waals surface area contributed by atoms with Gasteiger partial charge in [0.15, 0.2) is 23.1 Å². The Hall–Kier alpha value is -8.55. The van der Waals surface area contributed by atoms with Crippen molar-refractivity contribution in [2.24, 2.45) is 0 Å². The monoisotopic (exact) mass is 1380 g/mol. The number of allylic oxidation sites excluding steroid dienone is 3. The van der Waals surface area contributed by atoms with E-state index in [0.29, 0.717) is 64.1 Å². The van der Waals surface area contributed by atoms with Crippen LogP contribution in [0.15, 0.2) is 230 Å². The molecule has 3 unspecified atom stereocenters. The molecule has 0 fully saturated rings. The zero-order valence-corrected chi connectivity index (χ0v) is 54.3. The second-order valence-electron chi connectivity index (χ2n) is 20.2. The number of benzene rings is 8. The predicted octanol–water partition coefficient (Wildman–Crippen LogP) is 14.1. The summed E-state index contributed by atoms with van der Waals surface area (Å²) in [5, 5.41) is 70.5. The number of hydrogen-bond donors (Lipinski definition) is 4. The van der Waals surface area contributed by atoms with Crippen LogP contribution >= 0.6 is 58.0 Å². The summed E-state index contributed by atoms with van der Waals surface area (Å²) in [6.07, 6.45) is 0.434. The van der Waals surface area contributed by atoms with Gasteiger partial charge in [0.25, 0.3) is 0 Å². The van der Waals surface area contributed by atoms with E-state index in [2.05, 4.69) is 5.32 Å². The quantitative estimate of drug-likeness (QED) is 0.0321. The van der Waals surface area contributed by atoms with E-state index in [4.69, 9.17) is 68.2 Å². The summed E-state index contributed by atoms with van der Waals surface area (Å²) in [5.41, 5.74) is 3.50. The van der Waals surface area contributed by atoms with Crippen molar-refractivity contribution < 1.29 is 70.4 Å². The Kier molecular flexibility index (Phi) is 43.6. The van der Waals surface area contributed by atoms with Gasteiger partial charge in [-0.05, 0) is 136 Å². The van der Waals surface area contributed by atoms with Gasteiger partial charge in [-0.25, -0.2) is 4.79 Å². The summed E-state index contributed by atoms with van der Waals surface area (Å²) in [5.74, 6) is -3.48. The highest BCUT2D eigenvalue weighted by Crippen LogP contribution is 2.23. The van der Waals surface area contributed by atoms with Gasteiger partial charge in [-0.15, -0.1) is 11.5 Å². The standard InChI is InChI=1S/C24H20O3.C13H18ClNO.2C9H9ClO2.C9H7ClO2.C7H5ClO2.3CH4.2H2O/c25-22(18-10-4-1-5-11-18)16-21(24(27)20-14-8-3-9-15-20)17-23(26)19-12-6-2-7-13-19;1-9(15-13(2,3)4)12(16)10-6-5-7-11(14)8-10;3*1-6(11)9(12)7-3-2-4-8(10)5-7;8-6-3-1-2-5(4-6)7(9)10;;;;;/h1-17,25-27H;5-9,15H,1-4H3;2-5,9,12H,1H3;2-6,11H,1H3;2-5H,1H3;1-4H,(H,9,10);3*1H4;2*1H2/p-3. The summed E-state index contributed by atoms with van der Waals surface area (Å²) in [6, 6.07) is 58.3. The van der Waals surface area contributed by atoms with Gasteiger partial charge in [0, 0.05) is 54.3 Å². The molecule has 0 spiro atoms. The lowest BCUT2D eigenvalue weighted by atomic mass is 10.0. The lowest BCUT2D eigenvalue weighted by Crippen LogP contribution is -2.46. The van der Waals surface area contributed by atoms with Gasteiger partial charge in [-0.2, -0.15) is 0 Å². The highest BCUT2D eigenvalue weighted by Gasteiger charge is 2.21. The van der Waals surface area contributed by atoms with Crippen LogP contribution < -0.4 is 20.6 Å². The van der Waals surface area contributed by atoms with Gasteiger partial charge in [-0.1, -0.05) is 244 Å². The summed E-state index contributed by atoms with van der Waals surface area (Å²) in [6.45, 7) is 12.0. The SMILES string of the molecule is C.C.C.CC(=O)C(=O)c1cccc(Cl)c1.CC(=O)C(O)c1cccc(Cl)c1.CC(NC(C)(C)C)C(=O)c1cccc(Cl)c1.CC(O)C(=O)c1cccc(Cl)c1.O.O.O=C(O)c1cccc(Cl)c1.[O-]C(=CC(C=C([O-])c1ccccc1)=C([O-])c1ccccc1)c1ccccc1. The van der Waals surface area contributed by atoms with Crippen LogP contribution in [0.3, 0.4) is 0 Å². The first kappa shape index (κ1) is 89.6. The Morgan fingerprint density at radius 2 is 0.766 bits per heavy atom. The number of halogens is 5. The van der Waals surface area contributed by atoms with Crippen molar-refractivity contribution in [3.05, 3.63) is 300 Å². The number of aliphatic hydroxyl groups is 2.